The fourth-order valence-corrected chi connectivity index (χ4v) is 3.34. The number of hydrogen-bond acceptors (Lipinski definition) is 4. The maximum Gasteiger partial charge on any atom is 0.310 e. The van der Waals surface area contributed by atoms with Crippen LogP contribution in [0.5, 0.6) is 0 Å². The van der Waals surface area contributed by atoms with E-state index in [1.807, 2.05) is 16.7 Å². The fourth-order valence-electron chi connectivity index (χ4n) is 3.34. The first-order valence-corrected chi connectivity index (χ1v) is 8.38. The fraction of sp³-hybridized carbons (Fsp3) is 0.812. The van der Waals surface area contributed by atoms with Gasteiger partial charge in [0.15, 0.2) is 5.96 Å². The number of piperidine rings is 1. The number of hydrogen-bond donors (Lipinski definition) is 1. The lowest BCUT2D eigenvalue weighted by atomic mass is 9.99. The number of nitrogens with one attached hydrogen (secondary N) is 1. The lowest BCUT2D eigenvalue weighted by Crippen LogP contribution is -2.47. The highest BCUT2D eigenvalue weighted by atomic mass is 127. The summed E-state index contributed by atoms with van der Waals surface area (Å²) in [5.74, 6) is 0.672. The number of halogens is 1. The van der Waals surface area contributed by atoms with Crippen LogP contribution < -0.4 is 5.32 Å². The van der Waals surface area contributed by atoms with Crippen molar-refractivity contribution in [2.24, 2.45) is 16.8 Å². The van der Waals surface area contributed by atoms with Crippen molar-refractivity contribution in [2.75, 3.05) is 46.9 Å². The number of carbonyl (C=O) groups is 2. The second-order valence-electron chi connectivity index (χ2n) is 6.35. The minimum absolute atomic E-state index is 0. The van der Waals surface area contributed by atoms with Crippen LogP contribution in [0.25, 0.3) is 0 Å². The van der Waals surface area contributed by atoms with Crippen LogP contribution in [0.4, 0.5) is 0 Å². The lowest BCUT2D eigenvalue weighted by Gasteiger charge is -2.28. The third-order valence-corrected chi connectivity index (χ3v) is 4.73. The molecule has 0 aromatic heterocycles. The van der Waals surface area contributed by atoms with E-state index in [1.165, 1.54) is 13.5 Å². The Kier molecular flexibility index (Phi) is 8.79. The molecule has 2 aliphatic rings. The van der Waals surface area contributed by atoms with Crippen molar-refractivity contribution in [1.82, 2.24) is 15.1 Å². The topological polar surface area (TPSA) is 74.2 Å². The Morgan fingerprint density at radius 2 is 1.83 bits per heavy atom. The number of likely N-dealkylation sites (tertiary alicyclic amines) is 2. The zero-order chi connectivity index (χ0) is 16.8. The average molecular weight is 452 g/mol. The summed E-state index contributed by atoms with van der Waals surface area (Å²) in [5, 5.41) is 3.14. The Bertz CT molecular complexity index is 466. The summed E-state index contributed by atoms with van der Waals surface area (Å²) in [5.41, 5.74) is 0. The van der Waals surface area contributed by atoms with Crippen molar-refractivity contribution in [3.63, 3.8) is 0 Å². The molecule has 24 heavy (non-hydrogen) atoms. The van der Waals surface area contributed by atoms with Crippen LogP contribution in [0.2, 0.25) is 0 Å². The summed E-state index contributed by atoms with van der Waals surface area (Å²) < 4.78 is 4.86. The monoisotopic (exact) mass is 452 g/mol. The summed E-state index contributed by atoms with van der Waals surface area (Å²) in [4.78, 5) is 32.2. The minimum Gasteiger partial charge on any atom is -0.469 e. The van der Waals surface area contributed by atoms with E-state index in [0.717, 1.165) is 32.5 Å². The summed E-state index contributed by atoms with van der Waals surface area (Å²) >= 11 is 0. The normalized spacial score (nSPS) is 24.4. The van der Waals surface area contributed by atoms with Gasteiger partial charge in [0.2, 0.25) is 5.91 Å². The minimum atomic E-state index is -0.181. The molecule has 138 valence electrons. The first kappa shape index (κ1) is 21.0. The molecule has 0 saturated carbocycles. The van der Waals surface area contributed by atoms with Gasteiger partial charge in [-0.2, -0.15) is 0 Å². The van der Waals surface area contributed by atoms with Crippen molar-refractivity contribution < 1.29 is 14.3 Å². The molecule has 0 aliphatic carbocycles. The van der Waals surface area contributed by atoms with Crippen molar-refractivity contribution in [3.8, 4) is 0 Å². The van der Waals surface area contributed by atoms with Crippen molar-refractivity contribution >= 4 is 41.8 Å². The SMILES string of the molecule is CN=C(NCC(=O)N1CCCCC1)N1CC(C)C(C(=O)OC)C1.I. The van der Waals surface area contributed by atoms with E-state index in [1.54, 1.807) is 7.05 Å². The van der Waals surface area contributed by atoms with E-state index in [4.69, 9.17) is 4.74 Å². The summed E-state index contributed by atoms with van der Waals surface area (Å²) in [6.07, 6.45) is 3.38. The number of rotatable bonds is 3. The van der Waals surface area contributed by atoms with E-state index < -0.39 is 0 Å². The Hall–Kier alpha value is -1.06. The molecule has 2 saturated heterocycles. The van der Waals surface area contributed by atoms with Crippen LogP contribution in [0.15, 0.2) is 4.99 Å². The van der Waals surface area contributed by atoms with E-state index in [9.17, 15) is 9.59 Å². The largest absolute Gasteiger partial charge is 0.469 e. The molecule has 8 heteroatoms. The quantitative estimate of drug-likeness (QED) is 0.299. The summed E-state index contributed by atoms with van der Waals surface area (Å²) in [7, 11) is 3.12. The molecule has 0 aromatic carbocycles. The molecule has 0 spiro atoms. The number of methoxy groups -OCH3 is 1. The standard InChI is InChI=1S/C16H28N4O3.HI/c1-12-10-20(11-13(12)15(22)23-3)16(17-2)18-9-14(21)19-7-5-4-6-8-19;/h12-13H,4-11H2,1-3H3,(H,17,18);1H. The van der Waals surface area contributed by atoms with Crippen LogP contribution in [-0.4, -0.2) is 74.5 Å². The maximum absolute atomic E-state index is 12.2. The average Bonchev–Trinajstić information content (AvgIpc) is 2.97. The van der Waals surface area contributed by atoms with Gasteiger partial charge in [0, 0.05) is 33.2 Å². The zero-order valence-electron chi connectivity index (χ0n) is 14.8. The van der Waals surface area contributed by atoms with Crippen LogP contribution in [0, 0.1) is 11.8 Å². The van der Waals surface area contributed by atoms with Gasteiger partial charge < -0.3 is 19.9 Å². The molecule has 1 N–H and O–H groups in total. The van der Waals surface area contributed by atoms with Crippen molar-refractivity contribution in [3.05, 3.63) is 0 Å². The second-order valence-corrected chi connectivity index (χ2v) is 6.35. The van der Waals surface area contributed by atoms with Crippen LogP contribution in [0.1, 0.15) is 26.2 Å². The Balaban J connectivity index is 0.00000288. The predicted molar refractivity (Wildman–Crippen MR) is 103 cm³/mol. The highest BCUT2D eigenvalue weighted by molar-refractivity contribution is 14.0. The zero-order valence-corrected chi connectivity index (χ0v) is 17.1. The van der Waals surface area contributed by atoms with Gasteiger partial charge in [0.25, 0.3) is 0 Å². The molecule has 7 nitrogen and oxygen atoms in total. The van der Waals surface area contributed by atoms with Gasteiger partial charge in [-0.15, -0.1) is 24.0 Å². The lowest BCUT2D eigenvalue weighted by molar-refractivity contribution is -0.146. The van der Waals surface area contributed by atoms with Gasteiger partial charge in [0.05, 0.1) is 19.6 Å². The number of carbonyl (C=O) groups excluding carboxylic acids is 2. The Labute approximate surface area is 161 Å². The van der Waals surface area contributed by atoms with E-state index in [0.29, 0.717) is 12.5 Å². The number of amides is 1. The third kappa shape index (κ3) is 5.22. The van der Waals surface area contributed by atoms with Gasteiger partial charge >= 0.3 is 5.97 Å². The van der Waals surface area contributed by atoms with E-state index in [2.05, 4.69) is 10.3 Å². The molecule has 2 rings (SSSR count). The number of guanidine groups is 1. The molecule has 2 heterocycles. The Morgan fingerprint density at radius 1 is 1.17 bits per heavy atom. The van der Waals surface area contributed by atoms with Gasteiger partial charge in [-0.05, 0) is 25.2 Å². The number of ether oxygens (including phenoxy) is 1. The van der Waals surface area contributed by atoms with Gasteiger partial charge in [-0.3, -0.25) is 14.6 Å². The van der Waals surface area contributed by atoms with Gasteiger partial charge in [-0.25, -0.2) is 0 Å². The smallest absolute Gasteiger partial charge is 0.310 e. The number of aliphatic imine (C=N–C) groups is 1. The molecule has 2 atom stereocenters. The molecule has 2 unspecified atom stereocenters. The number of nitrogens with zero attached hydrogens (tertiary/aromatic N) is 3. The number of esters is 1. The molecule has 1 amide bonds. The molecule has 0 radical (unpaired) electrons. The molecular weight excluding hydrogens is 423 g/mol. The molecule has 0 aromatic rings. The van der Waals surface area contributed by atoms with Crippen molar-refractivity contribution in [1.29, 1.82) is 0 Å². The van der Waals surface area contributed by atoms with E-state index in [-0.39, 0.29) is 54.2 Å². The highest BCUT2D eigenvalue weighted by Gasteiger charge is 2.37. The van der Waals surface area contributed by atoms with E-state index >= 15 is 0 Å². The summed E-state index contributed by atoms with van der Waals surface area (Å²) in [6.45, 7) is 5.30. The Morgan fingerprint density at radius 3 is 2.42 bits per heavy atom. The van der Waals surface area contributed by atoms with Gasteiger partial charge in [-0.1, -0.05) is 6.92 Å². The predicted octanol–water partition coefficient (Wildman–Crippen LogP) is 0.933. The van der Waals surface area contributed by atoms with Crippen molar-refractivity contribution in [2.45, 2.75) is 26.2 Å². The maximum atomic E-state index is 12.2. The second kappa shape index (κ2) is 10.0. The van der Waals surface area contributed by atoms with Crippen LogP contribution in [0.3, 0.4) is 0 Å². The van der Waals surface area contributed by atoms with Crippen LogP contribution in [-0.2, 0) is 14.3 Å². The first-order valence-electron chi connectivity index (χ1n) is 8.38. The molecule has 0 bridgehead atoms. The third-order valence-electron chi connectivity index (χ3n) is 4.73. The van der Waals surface area contributed by atoms with Crippen LogP contribution >= 0.6 is 24.0 Å². The molecule has 2 aliphatic heterocycles. The van der Waals surface area contributed by atoms with Gasteiger partial charge in [0.1, 0.15) is 0 Å². The highest BCUT2D eigenvalue weighted by Crippen LogP contribution is 2.24. The first-order chi connectivity index (χ1) is 11.1. The molecule has 2 fully saturated rings. The summed E-state index contributed by atoms with van der Waals surface area (Å²) in [6, 6.07) is 0. The molecular formula is C16H29IN4O3.